The average Bonchev–Trinajstić information content (AvgIpc) is 2.64. The number of H-pyrrole nitrogens is 1. The molecule has 0 amide bonds. The van der Waals surface area contributed by atoms with Crippen molar-refractivity contribution in [1.29, 1.82) is 0 Å². The molecule has 0 aliphatic carbocycles. The Labute approximate surface area is 79.1 Å². The number of aromatic amines is 1. The first kappa shape index (κ1) is 8.75. The zero-order chi connectivity index (χ0) is 9.26. The average molecular weight is 179 g/mol. The second kappa shape index (κ2) is 3.50. The first-order chi connectivity index (χ1) is 6.25. The van der Waals surface area contributed by atoms with E-state index < -0.39 is 0 Å². The molecular formula is C10H17N3. The highest BCUT2D eigenvalue weighted by atomic mass is 15.2. The molecule has 1 N–H and O–H groups in total. The molecule has 3 heteroatoms. The fourth-order valence-electron chi connectivity index (χ4n) is 2.00. The normalized spacial score (nSPS) is 29.7. The molecule has 0 radical (unpaired) electrons. The van der Waals surface area contributed by atoms with Gasteiger partial charge < -0.3 is 0 Å². The summed E-state index contributed by atoms with van der Waals surface area (Å²) in [7, 11) is 0. The topological polar surface area (TPSA) is 31.9 Å². The van der Waals surface area contributed by atoms with Gasteiger partial charge in [0.05, 0.1) is 6.20 Å². The highest BCUT2D eigenvalue weighted by molar-refractivity contribution is 5.02. The van der Waals surface area contributed by atoms with Crippen LogP contribution in [0.25, 0.3) is 0 Å². The summed E-state index contributed by atoms with van der Waals surface area (Å²) in [6.45, 7) is 8.17. The van der Waals surface area contributed by atoms with Crippen LogP contribution >= 0.6 is 0 Å². The molecule has 2 heterocycles. The summed E-state index contributed by atoms with van der Waals surface area (Å²) >= 11 is 0. The van der Waals surface area contributed by atoms with Gasteiger partial charge in [0, 0.05) is 31.4 Å². The molecule has 72 valence electrons. The summed E-state index contributed by atoms with van der Waals surface area (Å²) < 4.78 is 0. The van der Waals surface area contributed by atoms with Gasteiger partial charge in [0.15, 0.2) is 0 Å². The van der Waals surface area contributed by atoms with Crippen LogP contribution in [-0.2, 0) is 6.54 Å². The first-order valence-corrected chi connectivity index (χ1v) is 4.95. The van der Waals surface area contributed by atoms with E-state index in [-0.39, 0.29) is 0 Å². The summed E-state index contributed by atoms with van der Waals surface area (Å²) in [5.41, 5.74) is 1.29. The third-order valence-corrected chi connectivity index (χ3v) is 3.02. The Bertz CT molecular complexity index is 245. The predicted molar refractivity (Wildman–Crippen MR) is 52.2 cm³/mol. The largest absolute Gasteiger partial charge is 0.298 e. The van der Waals surface area contributed by atoms with E-state index in [2.05, 4.69) is 28.9 Å². The minimum atomic E-state index is 0.840. The van der Waals surface area contributed by atoms with Gasteiger partial charge in [0.2, 0.25) is 0 Å². The Balaban J connectivity index is 1.91. The Kier molecular flexibility index (Phi) is 2.36. The maximum atomic E-state index is 3.95. The number of nitrogens with one attached hydrogen (secondary N) is 1. The molecular weight excluding hydrogens is 162 g/mol. The second-order valence-corrected chi connectivity index (χ2v) is 4.26. The summed E-state index contributed by atoms with van der Waals surface area (Å²) in [5, 5.41) is 6.80. The lowest BCUT2D eigenvalue weighted by atomic mass is 10.0. The van der Waals surface area contributed by atoms with Gasteiger partial charge in [-0.25, -0.2) is 0 Å². The minimum Gasteiger partial charge on any atom is -0.298 e. The van der Waals surface area contributed by atoms with Gasteiger partial charge in [-0.05, 0) is 11.8 Å². The molecule has 1 aromatic heterocycles. The van der Waals surface area contributed by atoms with Crippen LogP contribution in [0.3, 0.4) is 0 Å². The molecule has 2 atom stereocenters. The van der Waals surface area contributed by atoms with Crippen molar-refractivity contribution in [2.45, 2.75) is 20.4 Å². The van der Waals surface area contributed by atoms with Crippen molar-refractivity contribution in [2.24, 2.45) is 11.8 Å². The standard InChI is InChI=1S/C10H17N3/c1-8-5-13(6-9(8)2)7-10-3-11-12-4-10/h3-4,8-9H,5-7H2,1-2H3,(H,11,12). The summed E-state index contributed by atoms with van der Waals surface area (Å²) in [6, 6.07) is 0. The molecule has 1 aliphatic rings. The number of nitrogens with zero attached hydrogens (tertiary/aromatic N) is 2. The number of aromatic nitrogens is 2. The third kappa shape index (κ3) is 1.91. The van der Waals surface area contributed by atoms with Crippen LogP contribution in [0.1, 0.15) is 19.4 Å². The van der Waals surface area contributed by atoms with E-state index in [1.54, 1.807) is 0 Å². The summed E-state index contributed by atoms with van der Waals surface area (Å²) in [6.07, 6.45) is 3.89. The quantitative estimate of drug-likeness (QED) is 0.746. The smallest absolute Gasteiger partial charge is 0.0532 e. The fourth-order valence-corrected chi connectivity index (χ4v) is 2.00. The predicted octanol–water partition coefficient (Wildman–Crippen LogP) is 1.50. The van der Waals surface area contributed by atoms with Gasteiger partial charge >= 0.3 is 0 Å². The maximum absolute atomic E-state index is 3.95. The molecule has 2 rings (SSSR count). The van der Waals surface area contributed by atoms with Crippen molar-refractivity contribution in [3.8, 4) is 0 Å². The van der Waals surface area contributed by atoms with Crippen LogP contribution in [0, 0.1) is 11.8 Å². The van der Waals surface area contributed by atoms with Crippen LogP contribution in [0.15, 0.2) is 12.4 Å². The van der Waals surface area contributed by atoms with Crippen LogP contribution in [0.4, 0.5) is 0 Å². The molecule has 1 aromatic rings. The lowest BCUT2D eigenvalue weighted by Crippen LogP contribution is -2.19. The third-order valence-electron chi connectivity index (χ3n) is 3.02. The number of hydrogen-bond acceptors (Lipinski definition) is 2. The van der Waals surface area contributed by atoms with Crippen molar-refractivity contribution in [3.63, 3.8) is 0 Å². The highest BCUT2D eigenvalue weighted by Gasteiger charge is 2.25. The van der Waals surface area contributed by atoms with E-state index in [4.69, 9.17) is 0 Å². The monoisotopic (exact) mass is 179 g/mol. The molecule has 1 fully saturated rings. The minimum absolute atomic E-state index is 0.840. The Morgan fingerprint density at radius 3 is 2.69 bits per heavy atom. The Morgan fingerprint density at radius 1 is 1.46 bits per heavy atom. The first-order valence-electron chi connectivity index (χ1n) is 4.95. The van der Waals surface area contributed by atoms with Crippen molar-refractivity contribution < 1.29 is 0 Å². The molecule has 1 aliphatic heterocycles. The van der Waals surface area contributed by atoms with Crippen LogP contribution < -0.4 is 0 Å². The van der Waals surface area contributed by atoms with Gasteiger partial charge in [-0.2, -0.15) is 5.10 Å². The Morgan fingerprint density at radius 2 is 2.15 bits per heavy atom. The fraction of sp³-hybridized carbons (Fsp3) is 0.700. The molecule has 0 spiro atoms. The number of rotatable bonds is 2. The lowest BCUT2D eigenvalue weighted by molar-refractivity contribution is 0.316. The van der Waals surface area contributed by atoms with E-state index in [0.717, 1.165) is 18.4 Å². The summed E-state index contributed by atoms with van der Waals surface area (Å²) in [5.74, 6) is 1.68. The molecule has 0 saturated carbocycles. The molecule has 0 aromatic carbocycles. The van der Waals surface area contributed by atoms with Crippen molar-refractivity contribution in [3.05, 3.63) is 18.0 Å². The van der Waals surface area contributed by atoms with E-state index in [9.17, 15) is 0 Å². The van der Waals surface area contributed by atoms with Gasteiger partial charge in [-0.3, -0.25) is 10.00 Å². The van der Waals surface area contributed by atoms with Crippen molar-refractivity contribution >= 4 is 0 Å². The maximum Gasteiger partial charge on any atom is 0.0532 e. The molecule has 0 bridgehead atoms. The van der Waals surface area contributed by atoms with Gasteiger partial charge in [0.1, 0.15) is 0 Å². The van der Waals surface area contributed by atoms with E-state index in [0.29, 0.717) is 0 Å². The summed E-state index contributed by atoms with van der Waals surface area (Å²) in [4.78, 5) is 2.50. The number of likely N-dealkylation sites (tertiary alicyclic amines) is 1. The van der Waals surface area contributed by atoms with Crippen molar-refractivity contribution in [2.75, 3.05) is 13.1 Å². The number of hydrogen-bond donors (Lipinski definition) is 1. The van der Waals surface area contributed by atoms with E-state index >= 15 is 0 Å². The SMILES string of the molecule is CC1CN(Cc2cn[nH]c2)CC1C. The second-order valence-electron chi connectivity index (χ2n) is 4.26. The van der Waals surface area contributed by atoms with Crippen molar-refractivity contribution in [1.82, 2.24) is 15.1 Å². The zero-order valence-electron chi connectivity index (χ0n) is 8.33. The molecule has 13 heavy (non-hydrogen) atoms. The Hall–Kier alpha value is -0.830. The van der Waals surface area contributed by atoms with Crippen LogP contribution in [-0.4, -0.2) is 28.2 Å². The zero-order valence-corrected chi connectivity index (χ0v) is 8.33. The molecule has 2 unspecified atom stereocenters. The molecule has 1 saturated heterocycles. The van der Waals surface area contributed by atoms with Gasteiger partial charge in [-0.1, -0.05) is 13.8 Å². The van der Waals surface area contributed by atoms with Crippen LogP contribution in [0.2, 0.25) is 0 Å². The van der Waals surface area contributed by atoms with Gasteiger partial charge in [0.25, 0.3) is 0 Å². The lowest BCUT2D eigenvalue weighted by Gasteiger charge is -2.13. The molecule has 3 nitrogen and oxygen atoms in total. The van der Waals surface area contributed by atoms with E-state index in [1.807, 2.05) is 12.4 Å². The van der Waals surface area contributed by atoms with Gasteiger partial charge in [-0.15, -0.1) is 0 Å². The highest BCUT2D eigenvalue weighted by Crippen LogP contribution is 2.23. The van der Waals surface area contributed by atoms with Crippen LogP contribution in [0.5, 0.6) is 0 Å². The van der Waals surface area contributed by atoms with E-state index in [1.165, 1.54) is 18.7 Å².